The standard InChI is InChI=1S/C13H24N2O4/c1-4-15(8-12(16)17)11-6-10(7-11)14-13(18)9(3)19-5-2/h9-11H,4-8H2,1-3H3,(H,14,18)(H,16,17). The summed E-state index contributed by atoms with van der Waals surface area (Å²) in [5.74, 6) is -0.897. The number of nitrogens with one attached hydrogen (secondary N) is 1. The number of nitrogens with zero attached hydrogens (tertiary/aromatic N) is 1. The van der Waals surface area contributed by atoms with Gasteiger partial charge in [-0.25, -0.2) is 0 Å². The molecular weight excluding hydrogens is 248 g/mol. The Morgan fingerprint density at radius 3 is 2.53 bits per heavy atom. The third-order valence-electron chi connectivity index (χ3n) is 3.51. The van der Waals surface area contributed by atoms with Crippen LogP contribution in [0.2, 0.25) is 0 Å². The normalized spacial score (nSPS) is 23.8. The summed E-state index contributed by atoms with van der Waals surface area (Å²) in [5, 5.41) is 11.7. The highest BCUT2D eigenvalue weighted by Gasteiger charge is 2.35. The SMILES string of the molecule is CCOC(C)C(=O)NC1CC(N(CC)CC(=O)O)C1. The zero-order valence-electron chi connectivity index (χ0n) is 11.9. The maximum absolute atomic E-state index is 11.7. The minimum absolute atomic E-state index is 0.0666. The molecule has 19 heavy (non-hydrogen) atoms. The number of rotatable bonds is 8. The van der Waals surface area contributed by atoms with Crippen LogP contribution in [0.3, 0.4) is 0 Å². The number of likely N-dealkylation sites (N-methyl/N-ethyl adjacent to an activating group) is 1. The second-order valence-electron chi connectivity index (χ2n) is 4.89. The number of hydrogen-bond donors (Lipinski definition) is 2. The van der Waals surface area contributed by atoms with Gasteiger partial charge in [-0.2, -0.15) is 0 Å². The lowest BCUT2D eigenvalue weighted by molar-refractivity contribution is -0.140. The predicted octanol–water partition coefficient (Wildman–Crippen LogP) is 0.465. The van der Waals surface area contributed by atoms with Crippen molar-refractivity contribution in [2.24, 2.45) is 0 Å². The van der Waals surface area contributed by atoms with E-state index in [9.17, 15) is 9.59 Å². The van der Waals surface area contributed by atoms with E-state index < -0.39 is 12.1 Å². The highest BCUT2D eigenvalue weighted by atomic mass is 16.5. The summed E-state index contributed by atoms with van der Waals surface area (Å²) in [7, 11) is 0. The van der Waals surface area contributed by atoms with E-state index in [1.807, 2.05) is 18.7 Å². The van der Waals surface area contributed by atoms with Crippen LogP contribution >= 0.6 is 0 Å². The zero-order valence-corrected chi connectivity index (χ0v) is 11.9. The summed E-state index contributed by atoms with van der Waals surface area (Å²) in [5.41, 5.74) is 0. The van der Waals surface area contributed by atoms with Crippen molar-refractivity contribution in [1.82, 2.24) is 10.2 Å². The molecule has 0 aromatic rings. The van der Waals surface area contributed by atoms with E-state index >= 15 is 0 Å². The summed E-state index contributed by atoms with van der Waals surface area (Å²) in [6.07, 6.45) is 1.20. The minimum Gasteiger partial charge on any atom is -0.480 e. The Bertz CT molecular complexity index is 316. The van der Waals surface area contributed by atoms with E-state index in [0.717, 1.165) is 12.8 Å². The van der Waals surface area contributed by atoms with Crippen molar-refractivity contribution in [2.75, 3.05) is 19.7 Å². The minimum atomic E-state index is -0.806. The molecule has 0 aliphatic heterocycles. The molecule has 0 aromatic heterocycles. The Morgan fingerprint density at radius 2 is 2.05 bits per heavy atom. The maximum atomic E-state index is 11.7. The zero-order chi connectivity index (χ0) is 14.4. The molecule has 1 aliphatic carbocycles. The Morgan fingerprint density at radius 1 is 1.42 bits per heavy atom. The lowest BCUT2D eigenvalue weighted by Crippen LogP contribution is -2.56. The van der Waals surface area contributed by atoms with Gasteiger partial charge in [-0.1, -0.05) is 6.92 Å². The summed E-state index contributed by atoms with van der Waals surface area (Å²) < 4.78 is 5.22. The predicted molar refractivity (Wildman–Crippen MR) is 70.9 cm³/mol. The number of amides is 1. The Hall–Kier alpha value is -1.14. The van der Waals surface area contributed by atoms with Gasteiger partial charge >= 0.3 is 5.97 Å². The molecule has 0 radical (unpaired) electrons. The fraction of sp³-hybridized carbons (Fsp3) is 0.846. The van der Waals surface area contributed by atoms with Gasteiger partial charge in [0.2, 0.25) is 5.91 Å². The molecule has 1 aliphatic rings. The molecule has 1 amide bonds. The van der Waals surface area contributed by atoms with E-state index in [0.29, 0.717) is 13.2 Å². The van der Waals surface area contributed by atoms with Crippen LogP contribution in [0.15, 0.2) is 0 Å². The van der Waals surface area contributed by atoms with Crippen LogP contribution in [-0.2, 0) is 14.3 Å². The van der Waals surface area contributed by atoms with Crippen molar-refractivity contribution < 1.29 is 19.4 Å². The molecule has 2 N–H and O–H groups in total. The number of ether oxygens (including phenoxy) is 1. The van der Waals surface area contributed by atoms with Crippen molar-refractivity contribution in [2.45, 2.75) is 51.8 Å². The van der Waals surface area contributed by atoms with Crippen LogP contribution in [0, 0.1) is 0 Å². The Labute approximate surface area is 114 Å². The lowest BCUT2D eigenvalue weighted by Gasteiger charge is -2.42. The quantitative estimate of drug-likeness (QED) is 0.671. The van der Waals surface area contributed by atoms with Crippen molar-refractivity contribution in [3.05, 3.63) is 0 Å². The van der Waals surface area contributed by atoms with Gasteiger partial charge in [-0.05, 0) is 33.2 Å². The highest BCUT2D eigenvalue weighted by Crippen LogP contribution is 2.25. The van der Waals surface area contributed by atoms with Gasteiger partial charge < -0.3 is 15.2 Å². The molecule has 1 saturated carbocycles. The van der Waals surface area contributed by atoms with Gasteiger partial charge in [0.25, 0.3) is 0 Å². The van der Waals surface area contributed by atoms with Crippen LogP contribution in [0.4, 0.5) is 0 Å². The number of carboxylic acids is 1. The van der Waals surface area contributed by atoms with E-state index in [1.54, 1.807) is 6.92 Å². The van der Waals surface area contributed by atoms with Gasteiger partial charge in [0.1, 0.15) is 6.10 Å². The maximum Gasteiger partial charge on any atom is 0.317 e. The van der Waals surface area contributed by atoms with Crippen molar-refractivity contribution in [1.29, 1.82) is 0 Å². The Balaban J connectivity index is 2.29. The second kappa shape index (κ2) is 7.45. The van der Waals surface area contributed by atoms with E-state index in [2.05, 4.69) is 5.32 Å². The fourth-order valence-corrected chi connectivity index (χ4v) is 2.32. The number of hydrogen-bond acceptors (Lipinski definition) is 4. The first-order valence-electron chi connectivity index (χ1n) is 6.85. The van der Waals surface area contributed by atoms with Crippen LogP contribution in [-0.4, -0.2) is 59.8 Å². The molecule has 0 aromatic carbocycles. The topological polar surface area (TPSA) is 78.9 Å². The molecule has 6 heteroatoms. The van der Waals surface area contributed by atoms with Crippen LogP contribution in [0.5, 0.6) is 0 Å². The first-order chi connectivity index (χ1) is 8.97. The van der Waals surface area contributed by atoms with Crippen molar-refractivity contribution >= 4 is 11.9 Å². The molecule has 1 fully saturated rings. The number of carboxylic acid groups (broad SMARTS) is 1. The van der Waals surface area contributed by atoms with E-state index in [1.165, 1.54) is 0 Å². The molecule has 1 rings (SSSR count). The summed E-state index contributed by atoms with van der Waals surface area (Å²) >= 11 is 0. The van der Waals surface area contributed by atoms with E-state index in [-0.39, 0.29) is 24.5 Å². The van der Waals surface area contributed by atoms with Crippen LogP contribution in [0.25, 0.3) is 0 Å². The van der Waals surface area contributed by atoms with Gasteiger partial charge in [0, 0.05) is 18.7 Å². The molecule has 0 heterocycles. The largest absolute Gasteiger partial charge is 0.480 e. The second-order valence-corrected chi connectivity index (χ2v) is 4.89. The first kappa shape index (κ1) is 15.9. The summed E-state index contributed by atoms with van der Waals surface area (Å²) in [6, 6.07) is 0.400. The van der Waals surface area contributed by atoms with Gasteiger partial charge in [0.15, 0.2) is 0 Å². The van der Waals surface area contributed by atoms with Gasteiger partial charge in [0.05, 0.1) is 6.54 Å². The monoisotopic (exact) mass is 272 g/mol. The average Bonchev–Trinajstić information content (AvgIpc) is 2.30. The number of carbonyl (C=O) groups is 2. The fourth-order valence-electron chi connectivity index (χ4n) is 2.32. The molecule has 0 saturated heterocycles. The first-order valence-corrected chi connectivity index (χ1v) is 6.85. The smallest absolute Gasteiger partial charge is 0.317 e. The van der Waals surface area contributed by atoms with Crippen molar-refractivity contribution in [3.8, 4) is 0 Å². The molecular formula is C13H24N2O4. The molecule has 6 nitrogen and oxygen atoms in total. The number of aliphatic carboxylic acids is 1. The highest BCUT2D eigenvalue weighted by molar-refractivity contribution is 5.80. The number of carbonyl (C=O) groups excluding carboxylic acids is 1. The molecule has 0 bridgehead atoms. The molecule has 1 unspecified atom stereocenters. The van der Waals surface area contributed by atoms with Crippen LogP contribution < -0.4 is 5.32 Å². The molecule has 0 spiro atoms. The van der Waals surface area contributed by atoms with E-state index in [4.69, 9.17) is 9.84 Å². The Kier molecular flexibility index (Phi) is 6.24. The lowest BCUT2D eigenvalue weighted by atomic mass is 9.85. The average molecular weight is 272 g/mol. The third-order valence-corrected chi connectivity index (χ3v) is 3.51. The summed E-state index contributed by atoms with van der Waals surface area (Å²) in [6.45, 7) is 6.84. The molecule has 1 atom stereocenters. The van der Waals surface area contributed by atoms with Crippen LogP contribution in [0.1, 0.15) is 33.6 Å². The molecule has 110 valence electrons. The van der Waals surface area contributed by atoms with Gasteiger partial charge in [-0.3, -0.25) is 14.5 Å². The summed E-state index contributed by atoms with van der Waals surface area (Å²) in [4.78, 5) is 24.3. The van der Waals surface area contributed by atoms with Crippen molar-refractivity contribution in [3.63, 3.8) is 0 Å². The van der Waals surface area contributed by atoms with Gasteiger partial charge in [-0.15, -0.1) is 0 Å². The third kappa shape index (κ3) is 4.80.